The Morgan fingerprint density at radius 3 is 2.73 bits per heavy atom. The van der Waals surface area contributed by atoms with Crippen LogP contribution in [0.2, 0.25) is 0 Å². The fraction of sp³-hybridized carbons (Fsp3) is 0.111. The summed E-state index contributed by atoms with van der Waals surface area (Å²) in [6, 6.07) is 3.40. The van der Waals surface area contributed by atoms with Crippen molar-refractivity contribution in [2.75, 3.05) is 0 Å². The second kappa shape index (κ2) is 3.66. The molecule has 56 valence electrons. The van der Waals surface area contributed by atoms with E-state index in [1.165, 1.54) is 0 Å². The van der Waals surface area contributed by atoms with Gasteiger partial charge < -0.3 is 0 Å². The standard InChI is InChI=1S/C9H9NO/c1-2-3-9(11)8-4-6-10-7-5-8/h2,4-7H,1,3H2. The molecule has 0 fully saturated rings. The van der Waals surface area contributed by atoms with E-state index in [0.717, 1.165) is 0 Å². The van der Waals surface area contributed by atoms with Crippen LogP contribution in [0.25, 0.3) is 0 Å². The van der Waals surface area contributed by atoms with E-state index in [4.69, 9.17) is 0 Å². The number of allylic oxidation sites excluding steroid dienone is 1. The second-order valence-corrected chi connectivity index (χ2v) is 2.15. The molecule has 0 saturated heterocycles. The SMILES string of the molecule is C=CCC(=O)c1ccncc1. The number of aromatic nitrogens is 1. The summed E-state index contributed by atoms with van der Waals surface area (Å²) in [5, 5.41) is 0. The van der Waals surface area contributed by atoms with Crippen LogP contribution in [0.3, 0.4) is 0 Å². The van der Waals surface area contributed by atoms with E-state index in [-0.39, 0.29) is 5.78 Å². The summed E-state index contributed by atoms with van der Waals surface area (Å²) in [5.41, 5.74) is 0.694. The maximum absolute atomic E-state index is 11.1. The summed E-state index contributed by atoms with van der Waals surface area (Å²) in [6.45, 7) is 3.49. The molecule has 1 aromatic rings. The van der Waals surface area contributed by atoms with Crippen molar-refractivity contribution < 1.29 is 4.79 Å². The number of rotatable bonds is 3. The van der Waals surface area contributed by atoms with Crippen LogP contribution in [-0.2, 0) is 0 Å². The van der Waals surface area contributed by atoms with Gasteiger partial charge in [0.25, 0.3) is 0 Å². The van der Waals surface area contributed by atoms with Gasteiger partial charge in [-0.15, -0.1) is 6.58 Å². The lowest BCUT2D eigenvalue weighted by molar-refractivity contribution is 0.0996. The summed E-state index contributed by atoms with van der Waals surface area (Å²) in [5.74, 6) is 0.0856. The summed E-state index contributed by atoms with van der Waals surface area (Å²) in [6.07, 6.45) is 5.21. The Kier molecular flexibility index (Phi) is 2.55. The van der Waals surface area contributed by atoms with Gasteiger partial charge in [0.1, 0.15) is 0 Å². The summed E-state index contributed by atoms with van der Waals surface area (Å²) >= 11 is 0. The van der Waals surface area contributed by atoms with Gasteiger partial charge in [-0.05, 0) is 12.1 Å². The number of ketones is 1. The van der Waals surface area contributed by atoms with Crippen molar-refractivity contribution in [3.8, 4) is 0 Å². The largest absolute Gasteiger partial charge is 0.294 e. The average Bonchev–Trinajstić information content (AvgIpc) is 2.07. The lowest BCUT2D eigenvalue weighted by Gasteiger charge is -1.93. The molecule has 0 unspecified atom stereocenters. The van der Waals surface area contributed by atoms with E-state index in [2.05, 4.69) is 11.6 Å². The van der Waals surface area contributed by atoms with Crippen molar-refractivity contribution in [2.45, 2.75) is 6.42 Å². The fourth-order valence-corrected chi connectivity index (χ4v) is 0.787. The molecule has 0 N–H and O–H groups in total. The third-order valence-corrected chi connectivity index (χ3v) is 1.33. The first kappa shape index (κ1) is 7.66. The lowest BCUT2D eigenvalue weighted by Crippen LogP contribution is -1.95. The van der Waals surface area contributed by atoms with Crippen molar-refractivity contribution >= 4 is 5.78 Å². The van der Waals surface area contributed by atoms with Crippen molar-refractivity contribution in [1.82, 2.24) is 4.98 Å². The number of nitrogens with zero attached hydrogens (tertiary/aromatic N) is 1. The molecule has 0 radical (unpaired) electrons. The van der Waals surface area contributed by atoms with Crippen LogP contribution < -0.4 is 0 Å². The minimum atomic E-state index is 0.0856. The molecular formula is C9H9NO. The summed E-state index contributed by atoms with van der Waals surface area (Å²) in [4.78, 5) is 15.0. The Morgan fingerprint density at radius 1 is 1.55 bits per heavy atom. The minimum Gasteiger partial charge on any atom is -0.294 e. The molecule has 0 bridgehead atoms. The first-order chi connectivity index (χ1) is 5.34. The minimum absolute atomic E-state index is 0.0856. The zero-order chi connectivity index (χ0) is 8.10. The quantitative estimate of drug-likeness (QED) is 0.482. The average molecular weight is 147 g/mol. The van der Waals surface area contributed by atoms with Crippen LogP contribution >= 0.6 is 0 Å². The molecular weight excluding hydrogens is 138 g/mol. The molecule has 11 heavy (non-hydrogen) atoms. The van der Waals surface area contributed by atoms with Gasteiger partial charge in [-0.3, -0.25) is 9.78 Å². The highest BCUT2D eigenvalue weighted by molar-refractivity contribution is 5.96. The molecule has 0 atom stereocenters. The maximum atomic E-state index is 11.1. The van der Waals surface area contributed by atoms with E-state index in [9.17, 15) is 4.79 Å². The van der Waals surface area contributed by atoms with Gasteiger partial charge in [-0.25, -0.2) is 0 Å². The van der Waals surface area contributed by atoms with Crippen LogP contribution in [0.1, 0.15) is 16.8 Å². The maximum Gasteiger partial charge on any atom is 0.166 e. The predicted octanol–water partition coefficient (Wildman–Crippen LogP) is 1.84. The van der Waals surface area contributed by atoms with Gasteiger partial charge in [-0.2, -0.15) is 0 Å². The summed E-state index contributed by atoms with van der Waals surface area (Å²) < 4.78 is 0. The molecule has 0 aromatic carbocycles. The first-order valence-corrected chi connectivity index (χ1v) is 3.38. The third-order valence-electron chi connectivity index (χ3n) is 1.33. The number of hydrogen-bond donors (Lipinski definition) is 0. The van der Waals surface area contributed by atoms with E-state index < -0.39 is 0 Å². The van der Waals surface area contributed by atoms with Gasteiger partial charge in [0.15, 0.2) is 5.78 Å². The zero-order valence-electron chi connectivity index (χ0n) is 6.16. The monoisotopic (exact) mass is 147 g/mol. The van der Waals surface area contributed by atoms with Crippen LogP contribution in [-0.4, -0.2) is 10.8 Å². The summed E-state index contributed by atoms with van der Waals surface area (Å²) in [7, 11) is 0. The smallest absolute Gasteiger partial charge is 0.166 e. The van der Waals surface area contributed by atoms with E-state index in [0.29, 0.717) is 12.0 Å². The van der Waals surface area contributed by atoms with Crippen molar-refractivity contribution in [2.24, 2.45) is 0 Å². The number of hydrogen-bond acceptors (Lipinski definition) is 2. The van der Waals surface area contributed by atoms with E-state index >= 15 is 0 Å². The number of carbonyl (C=O) groups is 1. The van der Waals surface area contributed by atoms with E-state index in [1.54, 1.807) is 30.6 Å². The van der Waals surface area contributed by atoms with Crippen molar-refractivity contribution in [3.05, 3.63) is 42.7 Å². The van der Waals surface area contributed by atoms with Crippen LogP contribution in [0.15, 0.2) is 37.2 Å². The Labute approximate surface area is 65.6 Å². The molecule has 2 nitrogen and oxygen atoms in total. The van der Waals surface area contributed by atoms with Gasteiger partial charge >= 0.3 is 0 Å². The Morgan fingerprint density at radius 2 is 2.18 bits per heavy atom. The highest BCUT2D eigenvalue weighted by Gasteiger charge is 2.00. The number of pyridine rings is 1. The van der Waals surface area contributed by atoms with E-state index in [1.807, 2.05) is 0 Å². The lowest BCUT2D eigenvalue weighted by atomic mass is 10.1. The fourth-order valence-electron chi connectivity index (χ4n) is 0.787. The van der Waals surface area contributed by atoms with Crippen LogP contribution in [0, 0.1) is 0 Å². The molecule has 0 amide bonds. The molecule has 1 heterocycles. The van der Waals surface area contributed by atoms with Gasteiger partial charge in [0.05, 0.1) is 0 Å². The Bertz CT molecular complexity index is 254. The van der Waals surface area contributed by atoms with Crippen molar-refractivity contribution in [1.29, 1.82) is 0 Å². The number of carbonyl (C=O) groups excluding carboxylic acids is 1. The van der Waals surface area contributed by atoms with Crippen molar-refractivity contribution in [3.63, 3.8) is 0 Å². The Balaban J connectivity index is 2.77. The second-order valence-electron chi connectivity index (χ2n) is 2.15. The topological polar surface area (TPSA) is 30.0 Å². The highest BCUT2D eigenvalue weighted by atomic mass is 16.1. The molecule has 0 saturated carbocycles. The normalized spacial score (nSPS) is 9.09. The van der Waals surface area contributed by atoms with Gasteiger partial charge in [0.2, 0.25) is 0 Å². The molecule has 1 rings (SSSR count). The first-order valence-electron chi connectivity index (χ1n) is 3.38. The molecule has 0 spiro atoms. The van der Waals surface area contributed by atoms with Crippen LogP contribution in [0.4, 0.5) is 0 Å². The molecule has 2 heteroatoms. The predicted molar refractivity (Wildman–Crippen MR) is 43.4 cm³/mol. The zero-order valence-corrected chi connectivity index (χ0v) is 6.16. The molecule has 0 aliphatic heterocycles. The third kappa shape index (κ3) is 2.00. The van der Waals surface area contributed by atoms with Gasteiger partial charge in [-0.1, -0.05) is 6.08 Å². The molecule has 0 aliphatic carbocycles. The molecule has 1 aromatic heterocycles. The van der Waals surface area contributed by atoms with Crippen LogP contribution in [0.5, 0.6) is 0 Å². The highest BCUT2D eigenvalue weighted by Crippen LogP contribution is 2.00. The Hall–Kier alpha value is -1.44. The number of Topliss-reactive ketones (excluding diaryl/α,β-unsaturated/α-hetero) is 1. The van der Waals surface area contributed by atoms with Gasteiger partial charge in [0, 0.05) is 24.4 Å². The molecule has 0 aliphatic rings.